The zero-order chi connectivity index (χ0) is 20.6. The fraction of sp³-hybridized carbons (Fsp3) is 0.550. The van der Waals surface area contributed by atoms with Gasteiger partial charge in [0.15, 0.2) is 5.96 Å². The zero-order valence-corrected chi connectivity index (χ0v) is 18.4. The van der Waals surface area contributed by atoms with E-state index >= 15 is 0 Å². The fourth-order valence-corrected chi connectivity index (χ4v) is 5.07. The van der Waals surface area contributed by atoms with E-state index in [9.17, 15) is 4.21 Å². The fourth-order valence-electron chi connectivity index (χ4n) is 3.53. The molecule has 2 N–H and O–H groups in total. The second kappa shape index (κ2) is 10.7. The average molecular weight is 438 g/mol. The van der Waals surface area contributed by atoms with Gasteiger partial charge < -0.3 is 15.2 Å². The van der Waals surface area contributed by atoms with E-state index in [2.05, 4.69) is 25.8 Å². The Morgan fingerprint density at radius 1 is 1.41 bits per heavy atom. The molecule has 3 unspecified atom stereocenters. The van der Waals surface area contributed by atoms with E-state index in [1.165, 1.54) is 0 Å². The summed E-state index contributed by atoms with van der Waals surface area (Å²) in [7, 11) is 1.02. The van der Waals surface area contributed by atoms with E-state index in [-0.39, 0.29) is 5.25 Å². The number of aliphatic imine (C=N–C) groups is 1. The topological polar surface area (TPSA) is 92.4 Å². The van der Waals surface area contributed by atoms with Crippen LogP contribution in [0.5, 0.6) is 0 Å². The molecule has 1 aromatic carbocycles. The van der Waals surface area contributed by atoms with Crippen molar-refractivity contribution in [2.24, 2.45) is 4.99 Å². The maximum Gasteiger partial charge on any atom is 0.228 e. The molecule has 3 rings (SSSR count). The lowest BCUT2D eigenvalue weighted by atomic mass is 9.95. The number of guanidine groups is 1. The van der Waals surface area contributed by atoms with Gasteiger partial charge in [0.2, 0.25) is 11.7 Å². The third-order valence-electron chi connectivity index (χ3n) is 5.03. The van der Waals surface area contributed by atoms with Crippen molar-refractivity contribution in [3.8, 4) is 11.4 Å². The van der Waals surface area contributed by atoms with Crippen LogP contribution in [0.1, 0.15) is 38.5 Å². The summed E-state index contributed by atoms with van der Waals surface area (Å²) >= 11 is 6.02. The second-order valence-corrected chi connectivity index (χ2v) is 9.51. The Labute approximate surface area is 179 Å². The molecule has 1 aliphatic rings. The molecule has 0 bridgehead atoms. The first kappa shape index (κ1) is 21.8. The summed E-state index contributed by atoms with van der Waals surface area (Å²) in [5.41, 5.74) is 0.828. The lowest BCUT2D eigenvalue weighted by Crippen LogP contribution is -2.47. The minimum atomic E-state index is -0.732. The predicted molar refractivity (Wildman–Crippen MR) is 118 cm³/mol. The van der Waals surface area contributed by atoms with Gasteiger partial charge in [0.05, 0.1) is 0 Å². The summed E-state index contributed by atoms with van der Waals surface area (Å²) in [5.74, 6) is 2.56. The van der Waals surface area contributed by atoms with E-state index < -0.39 is 10.8 Å². The molecule has 7 nitrogen and oxygen atoms in total. The average Bonchev–Trinajstić information content (AvgIpc) is 3.21. The quantitative estimate of drug-likeness (QED) is 0.510. The summed E-state index contributed by atoms with van der Waals surface area (Å²) < 4.78 is 17.5. The Bertz CT molecular complexity index is 857. The molecule has 158 valence electrons. The van der Waals surface area contributed by atoms with Crippen molar-refractivity contribution in [2.45, 2.75) is 50.3 Å². The number of nitrogens with one attached hydrogen (secondary N) is 2. The van der Waals surface area contributed by atoms with E-state index in [1.54, 1.807) is 7.05 Å². The minimum absolute atomic E-state index is 0.285. The van der Waals surface area contributed by atoms with Gasteiger partial charge >= 0.3 is 0 Å². The van der Waals surface area contributed by atoms with Crippen LogP contribution in [0.25, 0.3) is 11.4 Å². The Balaban J connectivity index is 1.47. The maximum absolute atomic E-state index is 12.1. The first-order chi connectivity index (χ1) is 14.1. The van der Waals surface area contributed by atoms with E-state index in [4.69, 9.17) is 16.1 Å². The van der Waals surface area contributed by atoms with Crippen LogP contribution < -0.4 is 10.6 Å². The number of hydrogen-bond donors (Lipinski definition) is 2. The molecule has 0 radical (unpaired) electrons. The van der Waals surface area contributed by atoms with Gasteiger partial charge in [-0.1, -0.05) is 42.2 Å². The highest BCUT2D eigenvalue weighted by Crippen LogP contribution is 2.23. The van der Waals surface area contributed by atoms with Crippen LogP contribution in [-0.4, -0.2) is 50.9 Å². The third-order valence-corrected chi connectivity index (χ3v) is 7.00. The molecule has 1 saturated carbocycles. The standard InChI is InChI=1S/C20H28ClN5O2S/c1-3-29(27)17-9-5-8-16(13-17)24-20(22-2)23-11-10-18-25-19(26-28-18)14-6-4-7-15(21)12-14/h4,6-7,12,16-17H,3,5,8-11,13H2,1-2H3,(H2,22,23,24). The smallest absolute Gasteiger partial charge is 0.228 e. The summed E-state index contributed by atoms with van der Waals surface area (Å²) in [6.45, 7) is 2.61. The van der Waals surface area contributed by atoms with Gasteiger partial charge in [-0.25, -0.2) is 0 Å². The van der Waals surface area contributed by atoms with Crippen molar-refractivity contribution < 1.29 is 8.73 Å². The Morgan fingerprint density at radius 3 is 3.03 bits per heavy atom. The van der Waals surface area contributed by atoms with Gasteiger partial charge in [0.1, 0.15) is 0 Å². The van der Waals surface area contributed by atoms with Crippen molar-refractivity contribution in [2.75, 3.05) is 19.3 Å². The molecular formula is C20H28ClN5O2S. The van der Waals surface area contributed by atoms with Crippen LogP contribution in [0.3, 0.4) is 0 Å². The van der Waals surface area contributed by atoms with E-state index in [1.807, 2.05) is 31.2 Å². The van der Waals surface area contributed by atoms with Crippen LogP contribution in [0, 0.1) is 0 Å². The van der Waals surface area contributed by atoms with E-state index in [0.717, 1.165) is 43.0 Å². The van der Waals surface area contributed by atoms with Crippen LogP contribution in [0.2, 0.25) is 5.02 Å². The summed E-state index contributed by atoms with van der Waals surface area (Å²) in [6, 6.07) is 7.67. The third kappa shape index (κ3) is 6.27. The van der Waals surface area contributed by atoms with Crippen molar-refractivity contribution in [1.82, 2.24) is 20.8 Å². The molecule has 1 aromatic heterocycles. The van der Waals surface area contributed by atoms with Crippen LogP contribution >= 0.6 is 11.6 Å². The molecule has 0 aliphatic heterocycles. The van der Waals surface area contributed by atoms with Crippen molar-refractivity contribution in [3.05, 3.63) is 35.2 Å². The molecule has 0 saturated heterocycles. The van der Waals surface area contributed by atoms with Crippen LogP contribution in [-0.2, 0) is 17.2 Å². The molecule has 0 spiro atoms. The predicted octanol–water partition coefficient (Wildman–Crippen LogP) is 3.18. The molecule has 29 heavy (non-hydrogen) atoms. The van der Waals surface area contributed by atoms with Crippen LogP contribution in [0.4, 0.5) is 0 Å². The Kier molecular flexibility index (Phi) is 8.06. The highest BCUT2D eigenvalue weighted by Gasteiger charge is 2.26. The zero-order valence-electron chi connectivity index (χ0n) is 16.9. The molecule has 1 aliphatic carbocycles. The molecule has 1 heterocycles. The molecule has 1 fully saturated rings. The lowest BCUT2D eigenvalue weighted by molar-refractivity contribution is 0.378. The number of aromatic nitrogens is 2. The molecule has 0 amide bonds. The van der Waals surface area contributed by atoms with E-state index in [0.29, 0.717) is 35.7 Å². The Hall–Kier alpha value is -1.93. The summed E-state index contributed by atoms with van der Waals surface area (Å²) in [5, 5.41) is 11.7. The second-order valence-electron chi connectivity index (χ2n) is 7.07. The number of halogens is 1. The normalized spacial score (nSPS) is 21.0. The molecule has 9 heteroatoms. The molecule has 2 aromatic rings. The van der Waals surface area contributed by atoms with Crippen molar-refractivity contribution >= 4 is 28.4 Å². The number of benzene rings is 1. The van der Waals surface area contributed by atoms with Gasteiger partial charge in [0, 0.05) is 58.4 Å². The van der Waals surface area contributed by atoms with Crippen molar-refractivity contribution in [3.63, 3.8) is 0 Å². The van der Waals surface area contributed by atoms with Crippen molar-refractivity contribution in [1.29, 1.82) is 0 Å². The summed E-state index contributed by atoms with van der Waals surface area (Å²) in [4.78, 5) is 8.73. The van der Waals surface area contributed by atoms with Gasteiger partial charge in [0.25, 0.3) is 0 Å². The van der Waals surface area contributed by atoms with Gasteiger partial charge in [-0.2, -0.15) is 4.98 Å². The first-order valence-corrected chi connectivity index (χ1v) is 11.8. The number of nitrogens with zero attached hydrogens (tertiary/aromatic N) is 3. The maximum atomic E-state index is 12.1. The first-order valence-electron chi connectivity index (χ1n) is 10.0. The highest BCUT2D eigenvalue weighted by molar-refractivity contribution is 7.85. The molecular weight excluding hydrogens is 410 g/mol. The van der Waals surface area contributed by atoms with Gasteiger partial charge in [-0.3, -0.25) is 9.20 Å². The SMILES string of the molecule is CCS(=O)C1CCCC(NC(=NC)NCCc2nc(-c3cccc(Cl)c3)no2)C1. The van der Waals surface area contributed by atoms with Crippen LogP contribution in [0.15, 0.2) is 33.8 Å². The summed E-state index contributed by atoms with van der Waals surface area (Å²) in [6.07, 6.45) is 4.73. The largest absolute Gasteiger partial charge is 0.356 e. The minimum Gasteiger partial charge on any atom is -0.356 e. The highest BCUT2D eigenvalue weighted by atomic mass is 35.5. The lowest BCUT2D eigenvalue weighted by Gasteiger charge is -2.30. The monoisotopic (exact) mass is 437 g/mol. The van der Waals surface area contributed by atoms with Gasteiger partial charge in [-0.15, -0.1) is 0 Å². The van der Waals surface area contributed by atoms with Gasteiger partial charge in [-0.05, 0) is 31.4 Å². The number of hydrogen-bond acceptors (Lipinski definition) is 5. The molecule has 3 atom stereocenters. The Morgan fingerprint density at radius 2 is 2.28 bits per heavy atom. The number of rotatable bonds is 7.